The number of anilines is 1. The van der Waals surface area contributed by atoms with Crippen LogP contribution in [-0.4, -0.2) is 43.3 Å². The molecule has 0 unspecified atom stereocenters. The number of halogens is 2. The summed E-state index contributed by atoms with van der Waals surface area (Å²) in [5.74, 6) is -0.750. The molecule has 7 nitrogen and oxygen atoms in total. The average molecular weight is 633 g/mol. The molecule has 42 heavy (non-hydrogen) atoms. The normalized spacial score (nSPS) is 12.6. The molecule has 10 heteroatoms. The van der Waals surface area contributed by atoms with Crippen molar-refractivity contribution < 1.29 is 18.0 Å². The van der Waals surface area contributed by atoms with Crippen molar-refractivity contribution in [1.82, 2.24) is 10.2 Å². The third kappa shape index (κ3) is 8.27. The molecule has 0 saturated heterocycles. The second kappa shape index (κ2) is 13.5. The van der Waals surface area contributed by atoms with Gasteiger partial charge < -0.3 is 10.2 Å². The maximum absolute atomic E-state index is 14.1. The molecule has 3 aromatic carbocycles. The molecule has 0 saturated carbocycles. The lowest BCUT2D eigenvalue weighted by molar-refractivity contribution is -0.140. The van der Waals surface area contributed by atoms with Crippen LogP contribution >= 0.6 is 23.2 Å². The number of aryl methyl sites for hydroxylation is 1. The van der Waals surface area contributed by atoms with E-state index < -0.39 is 40.0 Å². The van der Waals surface area contributed by atoms with Gasteiger partial charge in [-0.3, -0.25) is 13.9 Å². The largest absolute Gasteiger partial charge is 0.350 e. The van der Waals surface area contributed by atoms with Crippen LogP contribution in [0.25, 0.3) is 0 Å². The van der Waals surface area contributed by atoms with E-state index in [1.165, 1.54) is 17.0 Å². The highest BCUT2D eigenvalue weighted by Crippen LogP contribution is 2.29. The number of carbonyl (C=O) groups excluding carboxylic acids is 2. The molecule has 226 valence electrons. The standard InChI is InChI=1S/C32H39Cl2N3O4S/c1-21(2)24-13-15-25(16-14-24)37(42(40,41)26-17-11-22(3)12-18-26)20-30(38)36(23(4)31(39)35-32(5,6)7)19-27-28(33)9-8-10-29(27)34/h8-18,21,23H,19-20H2,1-7H3,(H,35,39)/t23-/m0/s1. The summed E-state index contributed by atoms with van der Waals surface area (Å²) in [6.45, 7) is 12.4. The number of nitrogens with one attached hydrogen (secondary N) is 1. The summed E-state index contributed by atoms with van der Waals surface area (Å²) in [6, 6.07) is 17.6. The summed E-state index contributed by atoms with van der Waals surface area (Å²) >= 11 is 12.9. The van der Waals surface area contributed by atoms with E-state index >= 15 is 0 Å². The lowest BCUT2D eigenvalue weighted by Crippen LogP contribution is -2.54. The van der Waals surface area contributed by atoms with E-state index in [9.17, 15) is 18.0 Å². The van der Waals surface area contributed by atoms with Crippen molar-refractivity contribution in [3.05, 3.63) is 93.5 Å². The Morgan fingerprint density at radius 3 is 1.93 bits per heavy atom. The topological polar surface area (TPSA) is 86.8 Å². The summed E-state index contributed by atoms with van der Waals surface area (Å²) in [6.07, 6.45) is 0. The van der Waals surface area contributed by atoms with Gasteiger partial charge in [0.05, 0.1) is 10.6 Å². The van der Waals surface area contributed by atoms with Crippen LogP contribution < -0.4 is 9.62 Å². The van der Waals surface area contributed by atoms with Crippen molar-refractivity contribution in [2.75, 3.05) is 10.8 Å². The minimum atomic E-state index is -4.16. The van der Waals surface area contributed by atoms with E-state index in [2.05, 4.69) is 5.32 Å². The molecule has 0 radical (unpaired) electrons. The molecule has 0 heterocycles. The molecule has 0 aliphatic rings. The first-order chi connectivity index (χ1) is 19.5. The van der Waals surface area contributed by atoms with Gasteiger partial charge in [-0.1, -0.05) is 72.9 Å². The van der Waals surface area contributed by atoms with E-state index in [0.29, 0.717) is 21.3 Å². The van der Waals surface area contributed by atoms with E-state index in [-0.39, 0.29) is 17.4 Å². The Morgan fingerprint density at radius 1 is 0.881 bits per heavy atom. The number of hydrogen-bond acceptors (Lipinski definition) is 4. The third-order valence-corrected chi connectivity index (χ3v) is 9.29. The highest BCUT2D eigenvalue weighted by Gasteiger charge is 2.34. The molecule has 0 aromatic heterocycles. The fourth-order valence-corrected chi connectivity index (χ4v) is 6.23. The van der Waals surface area contributed by atoms with Crippen LogP contribution in [0.15, 0.2) is 71.6 Å². The van der Waals surface area contributed by atoms with Gasteiger partial charge in [0, 0.05) is 27.7 Å². The van der Waals surface area contributed by atoms with Crippen LogP contribution in [0.1, 0.15) is 64.2 Å². The van der Waals surface area contributed by atoms with Crippen LogP contribution in [0, 0.1) is 6.92 Å². The fourth-order valence-electron chi connectivity index (χ4n) is 4.30. The minimum absolute atomic E-state index is 0.0491. The van der Waals surface area contributed by atoms with Crippen LogP contribution in [0.4, 0.5) is 5.69 Å². The SMILES string of the molecule is Cc1ccc(S(=O)(=O)N(CC(=O)N(Cc2c(Cl)cccc2Cl)[C@@H](C)C(=O)NC(C)(C)C)c2ccc(C(C)C)cc2)cc1. The number of hydrogen-bond donors (Lipinski definition) is 1. The van der Waals surface area contributed by atoms with Gasteiger partial charge in [0.2, 0.25) is 11.8 Å². The first kappa shape index (κ1) is 33.4. The van der Waals surface area contributed by atoms with Crippen LogP contribution in [0.5, 0.6) is 0 Å². The van der Waals surface area contributed by atoms with E-state index in [0.717, 1.165) is 15.4 Å². The molecule has 1 N–H and O–H groups in total. The highest BCUT2D eigenvalue weighted by molar-refractivity contribution is 7.92. The number of sulfonamides is 1. The van der Waals surface area contributed by atoms with Crippen molar-refractivity contribution in [3.8, 4) is 0 Å². The molecule has 0 fully saturated rings. The molecule has 0 bridgehead atoms. The number of amides is 2. The second-order valence-electron chi connectivity index (χ2n) is 11.7. The lowest BCUT2D eigenvalue weighted by Gasteiger charge is -2.34. The van der Waals surface area contributed by atoms with Gasteiger partial charge in [-0.15, -0.1) is 0 Å². The summed E-state index contributed by atoms with van der Waals surface area (Å²) in [5.41, 5.74) is 2.16. The predicted molar refractivity (Wildman–Crippen MR) is 171 cm³/mol. The van der Waals surface area contributed by atoms with Gasteiger partial charge in [-0.05, 0) is 82.5 Å². The molecular weight excluding hydrogens is 593 g/mol. The summed E-state index contributed by atoms with van der Waals surface area (Å²) in [5, 5.41) is 3.56. The minimum Gasteiger partial charge on any atom is -0.350 e. The monoisotopic (exact) mass is 631 g/mol. The number of carbonyl (C=O) groups is 2. The van der Waals surface area contributed by atoms with Crippen molar-refractivity contribution in [3.63, 3.8) is 0 Å². The fraction of sp³-hybridized carbons (Fsp3) is 0.375. The second-order valence-corrected chi connectivity index (χ2v) is 14.4. The first-order valence-corrected chi connectivity index (χ1v) is 15.9. The Balaban J connectivity index is 2.09. The van der Waals surface area contributed by atoms with E-state index in [1.54, 1.807) is 49.4 Å². The number of nitrogens with zero attached hydrogens (tertiary/aromatic N) is 2. The zero-order chi connectivity index (χ0) is 31.4. The van der Waals surface area contributed by atoms with E-state index in [4.69, 9.17) is 23.2 Å². The maximum Gasteiger partial charge on any atom is 0.264 e. The molecule has 3 aromatic rings. The molecule has 0 aliphatic carbocycles. The molecule has 0 spiro atoms. The summed E-state index contributed by atoms with van der Waals surface area (Å²) < 4.78 is 29.1. The molecule has 3 rings (SSSR count). The molecule has 2 amide bonds. The van der Waals surface area contributed by atoms with Crippen LogP contribution in [0.2, 0.25) is 10.0 Å². The maximum atomic E-state index is 14.1. The quantitative estimate of drug-likeness (QED) is 0.262. The molecule has 0 aliphatic heterocycles. The van der Waals surface area contributed by atoms with Gasteiger partial charge >= 0.3 is 0 Å². The van der Waals surface area contributed by atoms with Crippen LogP contribution in [-0.2, 0) is 26.2 Å². The smallest absolute Gasteiger partial charge is 0.264 e. The van der Waals surface area contributed by atoms with Crippen molar-refractivity contribution >= 4 is 50.7 Å². The Kier molecular flexibility index (Phi) is 10.7. The van der Waals surface area contributed by atoms with Gasteiger partial charge in [0.25, 0.3) is 10.0 Å². The van der Waals surface area contributed by atoms with E-state index in [1.807, 2.05) is 53.7 Å². The van der Waals surface area contributed by atoms with Crippen molar-refractivity contribution in [1.29, 1.82) is 0 Å². The third-order valence-electron chi connectivity index (χ3n) is 6.79. The Bertz CT molecular complexity index is 1500. The Morgan fingerprint density at radius 2 is 1.43 bits per heavy atom. The van der Waals surface area contributed by atoms with Gasteiger partial charge in [0.15, 0.2) is 0 Å². The summed E-state index contributed by atoms with van der Waals surface area (Å²) in [7, 11) is -4.16. The number of rotatable bonds is 10. The highest BCUT2D eigenvalue weighted by atomic mass is 35.5. The zero-order valence-corrected chi connectivity index (χ0v) is 27.4. The number of benzene rings is 3. The van der Waals surface area contributed by atoms with Crippen LogP contribution in [0.3, 0.4) is 0 Å². The van der Waals surface area contributed by atoms with Gasteiger partial charge in [-0.25, -0.2) is 8.42 Å². The Labute approximate surface area is 259 Å². The predicted octanol–water partition coefficient (Wildman–Crippen LogP) is 6.95. The van der Waals surface area contributed by atoms with Crippen molar-refractivity contribution in [2.45, 2.75) is 77.4 Å². The summed E-state index contributed by atoms with van der Waals surface area (Å²) in [4.78, 5) is 28.8. The van der Waals surface area contributed by atoms with Crippen molar-refractivity contribution in [2.24, 2.45) is 0 Å². The molecule has 1 atom stereocenters. The molecular formula is C32H39Cl2N3O4S. The van der Waals surface area contributed by atoms with Gasteiger partial charge in [0.1, 0.15) is 12.6 Å². The first-order valence-electron chi connectivity index (χ1n) is 13.7. The Hall–Kier alpha value is -3.07. The zero-order valence-electron chi connectivity index (χ0n) is 25.1. The average Bonchev–Trinajstić information content (AvgIpc) is 2.90. The van der Waals surface area contributed by atoms with Gasteiger partial charge in [-0.2, -0.15) is 0 Å². The lowest BCUT2D eigenvalue weighted by atomic mass is 10.0.